The van der Waals surface area contributed by atoms with Gasteiger partial charge in [0.25, 0.3) is 0 Å². The maximum Gasteiger partial charge on any atom is 0.306 e. The summed E-state index contributed by atoms with van der Waals surface area (Å²) in [5.41, 5.74) is 1.36. The minimum atomic E-state index is -0.603. The molecule has 1 aliphatic carbocycles. The molecule has 0 amide bonds. The number of carbonyl (C=O) groups excluding carboxylic acids is 1. The van der Waals surface area contributed by atoms with Crippen molar-refractivity contribution in [2.75, 3.05) is 13.2 Å². The summed E-state index contributed by atoms with van der Waals surface area (Å²) in [6.07, 6.45) is 2.31. The highest BCUT2D eigenvalue weighted by Gasteiger charge is 2.45. The van der Waals surface area contributed by atoms with E-state index in [-0.39, 0.29) is 36.2 Å². The van der Waals surface area contributed by atoms with Gasteiger partial charge in [0.05, 0.1) is 25.7 Å². The SMILES string of the molecule is C=C[C@@H]1CC(C)(C)[C@@H](O)C1=C(CO)[C@H]1COC(=O)C1. The summed E-state index contributed by atoms with van der Waals surface area (Å²) in [6, 6.07) is 0. The van der Waals surface area contributed by atoms with Crippen LogP contribution in [0.5, 0.6) is 0 Å². The Hall–Kier alpha value is -1.13. The average Bonchev–Trinajstić information content (AvgIpc) is 2.87. The topological polar surface area (TPSA) is 66.8 Å². The number of allylic oxidation sites excluding steroid dienone is 1. The van der Waals surface area contributed by atoms with Crippen LogP contribution >= 0.6 is 0 Å². The molecule has 3 atom stereocenters. The molecule has 1 aliphatic heterocycles. The van der Waals surface area contributed by atoms with Crippen LogP contribution in [0.25, 0.3) is 0 Å². The third-order valence-electron chi connectivity index (χ3n) is 4.36. The second kappa shape index (κ2) is 5.10. The summed E-state index contributed by atoms with van der Waals surface area (Å²) in [4.78, 5) is 11.2. The number of ether oxygens (including phenoxy) is 1. The van der Waals surface area contributed by atoms with Gasteiger partial charge in [-0.25, -0.2) is 0 Å². The molecule has 19 heavy (non-hydrogen) atoms. The number of aliphatic hydroxyl groups excluding tert-OH is 2. The molecule has 0 bridgehead atoms. The van der Waals surface area contributed by atoms with Crippen molar-refractivity contribution in [2.45, 2.75) is 32.8 Å². The van der Waals surface area contributed by atoms with Crippen LogP contribution in [-0.4, -0.2) is 35.5 Å². The monoisotopic (exact) mass is 266 g/mol. The van der Waals surface area contributed by atoms with Crippen LogP contribution in [0.4, 0.5) is 0 Å². The quantitative estimate of drug-likeness (QED) is 0.599. The lowest BCUT2D eigenvalue weighted by molar-refractivity contribution is -0.137. The number of esters is 1. The Balaban J connectivity index is 2.40. The first-order valence-corrected chi connectivity index (χ1v) is 6.70. The number of hydrogen-bond donors (Lipinski definition) is 2. The van der Waals surface area contributed by atoms with Gasteiger partial charge in [-0.1, -0.05) is 19.9 Å². The van der Waals surface area contributed by atoms with Crippen molar-refractivity contribution < 1.29 is 19.7 Å². The van der Waals surface area contributed by atoms with Crippen LogP contribution in [-0.2, 0) is 9.53 Å². The van der Waals surface area contributed by atoms with Crippen LogP contribution in [0, 0.1) is 17.3 Å². The number of hydrogen-bond acceptors (Lipinski definition) is 4. The first kappa shape index (κ1) is 14.3. The Labute approximate surface area is 113 Å². The van der Waals surface area contributed by atoms with Crippen LogP contribution in [0.3, 0.4) is 0 Å². The summed E-state index contributed by atoms with van der Waals surface area (Å²) in [5.74, 6) is -0.292. The van der Waals surface area contributed by atoms with E-state index in [1.807, 2.05) is 19.9 Å². The molecule has 0 spiro atoms. The minimum Gasteiger partial charge on any atom is -0.465 e. The van der Waals surface area contributed by atoms with Gasteiger partial charge in [0.15, 0.2) is 0 Å². The van der Waals surface area contributed by atoms with Crippen LogP contribution in [0.15, 0.2) is 23.8 Å². The first-order chi connectivity index (χ1) is 8.90. The molecular weight excluding hydrogens is 244 g/mol. The molecule has 0 aromatic heterocycles. The number of carbonyl (C=O) groups is 1. The molecule has 0 unspecified atom stereocenters. The highest BCUT2D eigenvalue weighted by Crippen LogP contribution is 2.48. The van der Waals surface area contributed by atoms with Crippen molar-refractivity contribution in [1.82, 2.24) is 0 Å². The summed E-state index contributed by atoms with van der Waals surface area (Å²) < 4.78 is 4.97. The number of aliphatic hydroxyl groups is 2. The van der Waals surface area contributed by atoms with Gasteiger partial charge in [0.2, 0.25) is 0 Å². The zero-order valence-corrected chi connectivity index (χ0v) is 11.6. The van der Waals surface area contributed by atoms with Gasteiger partial charge >= 0.3 is 5.97 Å². The van der Waals surface area contributed by atoms with E-state index >= 15 is 0 Å². The molecule has 2 fully saturated rings. The van der Waals surface area contributed by atoms with E-state index in [2.05, 4.69) is 6.58 Å². The summed E-state index contributed by atoms with van der Waals surface area (Å²) in [7, 11) is 0. The normalized spacial score (nSPS) is 36.2. The molecule has 1 saturated carbocycles. The third kappa shape index (κ3) is 2.47. The molecule has 106 valence electrons. The molecule has 4 heteroatoms. The van der Waals surface area contributed by atoms with Crippen molar-refractivity contribution in [3.63, 3.8) is 0 Å². The third-order valence-corrected chi connectivity index (χ3v) is 4.36. The van der Waals surface area contributed by atoms with Crippen LogP contribution in [0.1, 0.15) is 26.7 Å². The number of cyclic esters (lactones) is 1. The molecule has 0 aromatic rings. The Morgan fingerprint density at radius 1 is 1.58 bits per heavy atom. The Morgan fingerprint density at radius 3 is 2.74 bits per heavy atom. The van der Waals surface area contributed by atoms with Crippen LogP contribution in [0.2, 0.25) is 0 Å². The molecular formula is C15H22O4. The van der Waals surface area contributed by atoms with Crippen molar-refractivity contribution in [2.24, 2.45) is 17.3 Å². The van der Waals surface area contributed by atoms with Gasteiger partial charge in [-0.3, -0.25) is 4.79 Å². The smallest absolute Gasteiger partial charge is 0.306 e. The highest BCUT2D eigenvalue weighted by molar-refractivity contribution is 5.72. The van der Waals surface area contributed by atoms with Crippen molar-refractivity contribution in [3.8, 4) is 0 Å². The molecule has 1 saturated heterocycles. The molecule has 0 aromatic carbocycles. The number of rotatable bonds is 3. The van der Waals surface area contributed by atoms with Crippen LogP contribution < -0.4 is 0 Å². The molecule has 2 aliphatic rings. The van der Waals surface area contributed by atoms with E-state index in [0.29, 0.717) is 6.61 Å². The van der Waals surface area contributed by atoms with E-state index in [1.165, 1.54) is 0 Å². The fraction of sp³-hybridized carbons (Fsp3) is 0.667. The maximum atomic E-state index is 11.2. The molecule has 2 rings (SSSR count). The highest BCUT2D eigenvalue weighted by atomic mass is 16.5. The Bertz CT molecular complexity index is 422. The van der Waals surface area contributed by atoms with Crippen molar-refractivity contribution in [1.29, 1.82) is 0 Å². The Morgan fingerprint density at radius 2 is 2.26 bits per heavy atom. The predicted molar refractivity (Wildman–Crippen MR) is 71.3 cm³/mol. The molecule has 1 heterocycles. The summed E-state index contributed by atoms with van der Waals surface area (Å²) in [5, 5.41) is 20.2. The van der Waals surface area contributed by atoms with Gasteiger partial charge in [0, 0.05) is 11.8 Å². The van der Waals surface area contributed by atoms with Crippen molar-refractivity contribution in [3.05, 3.63) is 23.8 Å². The Kier molecular flexibility index (Phi) is 3.83. The van der Waals surface area contributed by atoms with E-state index in [4.69, 9.17) is 4.74 Å². The second-order valence-electron chi connectivity index (χ2n) is 6.16. The maximum absolute atomic E-state index is 11.2. The van der Waals surface area contributed by atoms with Gasteiger partial charge in [0.1, 0.15) is 0 Å². The lowest BCUT2D eigenvalue weighted by Crippen LogP contribution is -2.26. The van der Waals surface area contributed by atoms with Gasteiger partial charge in [-0.2, -0.15) is 0 Å². The zero-order valence-electron chi connectivity index (χ0n) is 11.6. The second-order valence-corrected chi connectivity index (χ2v) is 6.16. The van der Waals surface area contributed by atoms with Crippen molar-refractivity contribution >= 4 is 5.97 Å². The standard InChI is InChI=1S/C15H22O4/c1-4-9-6-15(2,3)14(18)13(9)11(7-16)10-5-12(17)19-8-10/h4,9-10,14,16,18H,1,5-8H2,2-3H3/t9-,10-,14+/m1/s1. The first-order valence-electron chi connectivity index (χ1n) is 6.70. The molecule has 4 nitrogen and oxygen atoms in total. The van der Waals surface area contributed by atoms with E-state index in [1.54, 1.807) is 0 Å². The summed E-state index contributed by atoms with van der Waals surface area (Å²) >= 11 is 0. The van der Waals surface area contributed by atoms with Gasteiger partial charge in [-0.15, -0.1) is 6.58 Å². The predicted octanol–water partition coefficient (Wildman–Crippen LogP) is 1.43. The van der Waals surface area contributed by atoms with E-state index in [9.17, 15) is 15.0 Å². The average molecular weight is 266 g/mol. The fourth-order valence-corrected chi connectivity index (χ4v) is 3.23. The van der Waals surface area contributed by atoms with Gasteiger partial charge < -0.3 is 14.9 Å². The molecule has 2 N–H and O–H groups in total. The minimum absolute atomic E-state index is 0.0582. The molecule has 0 radical (unpaired) electrons. The lowest BCUT2D eigenvalue weighted by atomic mass is 9.85. The fourth-order valence-electron chi connectivity index (χ4n) is 3.23. The zero-order chi connectivity index (χ0) is 14.2. The largest absolute Gasteiger partial charge is 0.465 e. The van der Waals surface area contributed by atoms with E-state index in [0.717, 1.165) is 17.6 Å². The lowest BCUT2D eigenvalue weighted by Gasteiger charge is -2.24. The summed E-state index contributed by atoms with van der Waals surface area (Å²) in [6.45, 7) is 8.00. The van der Waals surface area contributed by atoms with Gasteiger partial charge in [-0.05, 0) is 23.0 Å². The van der Waals surface area contributed by atoms with E-state index < -0.39 is 6.10 Å².